The SMILES string of the molecule is CN=C(NCC1CCN(S(C)(=O)=O)CC1)N1CCN(c2ccccc2F)CC1. The summed E-state index contributed by atoms with van der Waals surface area (Å²) in [5, 5.41) is 3.44. The van der Waals surface area contributed by atoms with Gasteiger partial charge in [-0.25, -0.2) is 17.1 Å². The summed E-state index contributed by atoms with van der Waals surface area (Å²) >= 11 is 0. The number of halogens is 1. The van der Waals surface area contributed by atoms with Gasteiger partial charge in [-0.3, -0.25) is 4.99 Å². The van der Waals surface area contributed by atoms with Crippen LogP contribution in [0.25, 0.3) is 0 Å². The van der Waals surface area contributed by atoms with Crippen LogP contribution in [0.4, 0.5) is 10.1 Å². The first-order valence-electron chi connectivity index (χ1n) is 9.78. The molecule has 2 fully saturated rings. The number of rotatable bonds is 4. The summed E-state index contributed by atoms with van der Waals surface area (Å²) in [5.74, 6) is 1.12. The van der Waals surface area contributed by atoms with Gasteiger partial charge in [-0.15, -0.1) is 0 Å². The molecule has 28 heavy (non-hydrogen) atoms. The highest BCUT2D eigenvalue weighted by atomic mass is 32.2. The number of guanidine groups is 1. The predicted molar refractivity (Wildman–Crippen MR) is 111 cm³/mol. The maximum absolute atomic E-state index is 14.0. The van der Waals surface area contributed by atoms with E-state index in [1.807, 2.05) is 12.1 Å². The quantitative estimate of drug-likeness (QED) is 0.596. The first-order valence-corrected chi connectivity index (χ1v) is 11.6. The number of hydrogen-bond donors (Lipinski definition) is 1. The molecule has 0 spiro atoms. The van der Waals surface area contributed by atoms with Gasteiger partial charge in [0.05, 0.1) is 11.9 Å². The minimum atomic E-state index is -3.08. The molecule has 1 N–H and O–H groups in total. The number of para-hydroxylation sites is 1. The van der Waals surface area contributed by atoms with Crippen LogP contribution in [0.2, 0.25) is 0 Å². The van der Waals surface area contributed by atoms with Gasteiger partial charge >= 0.3 is 0 Å². The van der Waals surface area contributed by atoms with Crippen molar-refractivity contribution in [1.82, 2.24) is 14.5 Å². The molecule has 1 aromatic rings. The standard InChI is InChI=1S/C19H30FN5O2S/c1-21-19(22-15-16-7-9-25(10-8-16)28(2,26)27)24-13-11-23(12-14-24)18-6-4-3-5-17(18)20/h3-6,16H,7-15H2,1-2H3,(H,21,22). The zero-order chi connectivity index (χ0) is 20.1. The number of hydrogen-bond acceptors (Lipinski definition) is 4. The van der Waals surface area contributed by atoms with E-state index < -0.39 is 10.0 Å². The summed E-state index contributed by atoms with van der Waals surface area (Å²) < 4.78 is 38.8. The van der Waals surface area contributed by atoms with Gasteiger partial charge in [-0.2, -0.15) is 0 Å². The van der Waals surface area contributed by atoms with Gasteiger partial charge in [0.15, 0.2) is 5.96 Å². The van der Waals surface area contributed by atoms with Gasteiger partial charge in [0.25, 0.3) is 0 Å². The first-order chi connectivity index (χ1) is 13.4. The zero-order valence-corrected chi connectivity index (χ0v) is 17.5. The van der Waals surface area contributed by atoms with Gasteiger partial charge in [-0.1, -0.05) is 12.1 Å². The molecule has 2 heterocycles. The molecule has 7 nitrogen and oxygen atoms in total. The second-order valence-electron chi connectivity index (χ2n) is 7.46. The van der Waals surface area contributed by atoms with Crippen molar-refractivity contribution in [2.45, 2.75) is 12.8 Å². The molecular weight excluding hydrogens is 381 g/mol. The minimum Gasteiger partial charge on any atom is -0.366 e. The van der Waals surface area contributed by atoms with E-state index in [9.17, 15) is 12.8 Å². The fraction of sp³-hybridized carbons (Fsp3) is 0.632. The van der Waals surface area contributed by atoms with Crippen LogP contribution >= 0.6 is 0 Å². The van der Waals surface area contributed by atoms with Crippen LogP contribution in [-0.2, 0) is 10.0 Å². The Hall–Kier alpha value is -1.87. The van der Waals surface area contributed by atoms with Gasteiger partial charge in [0.2, 0.25) is 10.0 Å². The third kappa shape index (κ3) is 5.14. The lowest BCUT2D eigenvalue weighted by atomic mass is 9.98. The summed E-state index contributed by atoms with van der Waals surface area (Å²) in [6.07, 6.45) is 2.99. The summed E-state index contributed by atoms with van der Waals surface area (Å²) in [6.45, 7) is 5.01. The highest BCUT2D eigenvalue weighted by Crippen LogP contribution is 2.21. The second kappa shape index (κ2) is 9.09. The molecule has 1 aromatic carbocycles. The maximum atomic E-state index is 14.0. The molecule has 2 saturated heterocycles. The van der Waals surface area contributed by atoms with Crippen molar-refractivity contribution in [3.63, 3.8) is 0 Å². The molecule has 0 atom stereocenters. The predicted octanol–water partition coefficient (Wildman–Crippen LogP) is 1.19. The number of aliphatic imine (C=N–C) groups is 1. The fourth-order valence-electron chi connectivity index (χ4n) is 3.88. The van der Waals surface area contributed by atoms with Crippen LogP contribution < -0.4 is 10.2 Å². The number of piperidine rings is 1. The number of piperazine rings is 1. The van der Waals surface area contributed by atoms with Crippen LogP contribution in [-0.4, -0.2) is 82.7 Å². The van der Waals surface area contributed by atoms with Crippen LogP contribution in [0.3, 0.4) is 0 Å². The topological polar surface area (TPSA) is 68.2 Å². The van der Waals surface area contributed by atoms with Crippen LogP contribution in [0, 0.1) is 11.7 Å². The number of benzene rings is 1. The Bertz CT molecular complexity index is 785. The molecule has 0 aliphatic carbocycles. The number of nitrogens with zero attached hydrogens (tertiary/aromatic N) is 4. The molecule has 0 unspecified atom stereocenters. The Morgan fingerprint density at radius 3 is 2.36 bits per heavy atom. The fourth-order valence-corrected chi connectivity index (χ4v) is 4.75. The Morgan fingerprint density at radius 2 is 1.79 bits per heavy atom. The van der Waals surface area contributed by atoms with Gasteiger partial charge in [-0.05, 0) is 30.9 Å². The van der Waals surface area contributed by atoms with Crippen molar-refractivity contribution < 1.29 is 12.8 Å². The first kappa shape index (κ1) is 20.9. The van der Waals surface area contributed by atoms with E-state index in [4.69, 9.17) is 0 Å². The normalized spacial score (nSPS) is 20.5. The lowest BCUT2D eigenvalue weighted by Crippen LogP contribution is -2.53. The van der Waals surface area contributed by atoms with E-state index in [0.717, 1.165) is 51.5 Å². The Kier molecular flexibility index (Phi) is 6.77. The second-order valence-corrected chi connectivity index (χ2v) is 9.44. The largest absolute Gasteiger partial charge is 0.366 e. The molecule has 0 amide bonds. The zero-order valence-electron chi connectivity index (χ0n) is 16.6. The minimum absolute atomic E-state index is 0.182. The van der Waals surface area contributed by atoms with Crippen LogP contribution in [0.5, 0.6) is 0 Å². The Morgan fingerprint density at radius 1 is 1.14 bits per heavy atom. The number of anilines is 1. The molecule has 0 saturated carbocycles. The number of nitrogens with one attached hydrogen (secondary N) is 1. The van der Waals surface area contributed by atoms with E-state index in [0.29, 0.717) is 24.7 Å². The molecule has 0 bridgehead atoms. The van der Waals surface area contributed by atoms with Gasteiger partial charge < -0.3 is 15.1 Å². The van der Waals surface area contributed by atoms with E-state index >= 15 is 0 Å². The van der Waals surface area contributed by atoms with E-state index in [1.165, 1.54) is 12.3 Å². The molecule has 2 aliphatic heterocycles. The van der Waals surface area contributed by atoms with Crippen molar-refractivity contribution in [3.05, 3.63) is 30.1 Å². The lowest BCUT2D eigenvalue weighted by Gasteiger charge is -2.38. The average molecular weight is 412 g/mol. The molecule has 0 aromatic heterocycles. The lowest BCUT2D eigenvalue weighted by molar-refractivity contribution is 0.271. The summed E-state index contributed by atoms with van der Waals surface area (Å²) in [5.41, 5.74) is 0.655. The molecule has 2 aliphatic rings. The van der Waals surface area contributed by atoms with Gasteiger partial charge in [0, 0.05) is 52.9 Å². The van der Waals surface area contributed by atoms with Crippen molar-refractivity contribution in [2.75, 3.05) is 64.0 Å². The Balaban J connectivity index is 1.46. The third-order valence-corrected chi connectivity index (χ3v) is 6.88. The molecule has 0 radical (unpaired) electrons. The van der Waals surface area contributed by atoms with E-state index in [2.05, 4.69) is 20.1 Å². The summed E-state index contributed by atoms with van der Waals surface area (Å²) in [6, 6.07) is 6.89. The maximum Gasteiger partial charge on any atom is 0.211 e. The average Bonchev–Trinajstić information content (AvgIpc) is 2.69. The van der Waals surface area contributed by atoms with Crippen molar-refractivity contribution >= 4 is 21.7 Å². The third-order valence-electron chi connectivity index (χ3n) is 5.58. The van der Waals surface area contributed by atoms with Crippen LogP contribution in [0.1, 0.15) is 12.8 Å². The van der Waals surface area contributed by atoms with E-state index in [1.54, 1.807) is 17.4 Å². The molecule has 3 rings (SSSR count). The van der Waals surface area contributed by atoms with E-state index in [-0.39, 0.29) is 5.82 Å². The van der Waals surface area contributed by atoms with Gasteiger partial charge in [0.1, 0.15) is 5.82 Å². The number of sulfonamides is 1. The molecular formula is C19H30FN5O2S. The monoisotopic (exact) mass is 411 g/mol. The van der Waals surface area contributed by atoms with Crippen molar-refractivity contribution in [1.29, 1.82) is 0 Å². The van der Waals surface area contributed by atoms with Crippen LogP contribution in [0.15, 0.2) is 29.3 Å². The highest BCUT2D eigenvalue weighted by Gasteiger charge is 2.26. The Labute approximate surface area is 167 Å². The van der Waals surface area contributed by atoms with Crippen molar-refractivity contribution in [2.24, 2.45) is 10.9 Å². The summed E-state index contributed by atoms with van der Waals surface area (Å²) in [4.78, 5) is 8.67. The molecule has 156 valence electrons. The highest BCUT2D eigenvalue weighted by molar-refractivity contribution is 7.88. The summed E-state index contributed by atoms with van der Waals surface area (Å²) in [7, 11) is -1.31. The smallest absolute Gasteiger partial charge is 0.211 e. The molecule has 9 heteroatoms. The van der Waals surface area contributed by atoms with Crippen molar-refractivity contribution in [3.8, 4) is 0 Å².